The van der Waals surface area contributed by atoms with Crippen molar-refractivity contribution in [1.29, 1.82) is 0 Å². The van der Waals surface area contributed by atoms with Gasteiger partial charge in [-0.15, -0.1) is 0 Å². The molecular weight excluding hydrogens is 424 g/mol. The molecule has 0 aliphatic rings. The SMILES string of the molecule is [2H]c1c([2H])c([2H])c2c([2H])c3c(c([2H])c([2H])c4c([2H])c([2H])c([2H])c([2H])c43)c(-c3ccc4oc5c6ccccc6ccc5c4c3)c2c1[2H]. The lowest BCUT2D eigenvalue weighted by molar-refractivity contribution is 0.672. The number of fused-ring (bicyclic) bond motifs is 9. The molecule has 0 amide bonds. The second kappa shape index (κ2) is 6.94. The molecule has 0 aliphatic carbocycles. The Bertz CT molecular complexity index is 2710. The van der Waals surface area contributed by atoms with Crippen LogP contribution in [0.15, 0.2) is 125 Å². The molecule has 8 rings (SSSR count). The van der Waals surface area contributed by atoms with Crippen LogP contribution in [0.3, 0.4) is 0 Å². The molecule has 1 heteroatoms. The van der Waals surface area contributed by atoms with Crippen LogP contribution in [0.1, 0.15) is 15.1 Å². The summed E-state index contributed by atoms with van der Waals surface area (Å²) in [4.78, 5) is 0. The molecule has 0 unspecified atom stereocenters. The highest BCUT2D eigenvalue weighted by Gasteiger charge is 2.15. The Morgan fingerprint density at radius 2 is 1.34 bits per heavy atom. The zero-order valence-corrected chi connectivity index (χ0v) is 18.1. The molecule has 0 atom stereocenters. The minimum atomic E-state index is -0.580. The lowest BCUT2D eigenvalue weighted by atomic mass is 9.89. The van der Waals surface area contributed by atoms with E-state index in [1.54, 1.807) is 18.2 Å². The molecule has 0 aliphatic heterocycles. The topological polar surface area (TPSA) is 13.1 Å². The number of benzene rings is 7. The Hall–Kier alpha value is -4.62. The number of hydrogen-bond donors (Lipinski definition) is 0. The second-order valence-corrected chi connectivity index (χ2v) is 8.48. The van der Waals surface area contributed by atoms with Gasteiger partial charge in [-0.3, -0.25) is 0 Å². The fraction of sp³-hybridized carbons (Fsp3) is 0. The van der Waals surface area contributed by atoms with Crippen molar-refractivity contribution in [2.24, 2.45) is 0 Å². The first-order valence-corrected chi connectivity index (χ1v) is 11.1. The molecule has 0 N–H and O–H groups in total. The monoisotopic (exact) mass is 455 g/mol. The molecule has 8 aromatic rings. The summed E-state index contributed by atoms with van der Waals surface area (Å²) in [5.41, 5.74) is 1.82. The smallest absolute Gasteiger partial charge is 0.143 e. The van der Waals surface area contributed by atoms with Gasteiger partial charge in [0.1, 0.15) is 11.2 Å². The largest absolute Gasteiger partial charge is 0.455 e. The molecule has 1 aromatic heterocycles. The van der Waals surface area contributed by atoms with Crippen molar-refractivity contribution < 1.29 is 19.5 Å². The van der Waals surface area contributed by atoms with Crippen molar-refractivity contribution in [3.05, 3.63) is 121 Å². The third kappa shape index (κ3) is 2.64. The van der Waals surface area contributed by atoms with Gasteiger partial charge in [-0.25, -0.2) is 0 Å². The Morgan fingerprint density at radius 3 is 2.29 bits per heavy atom. The third-order valence-electron chi connectivity index (χ3n) is 6.59. The summed E-state index contributed by atoms with van der Waals surface area (Å²) >= 11 is 0. The lowest BCUT2D eigenvalue weighted by Crippen LogP contribution is -1.87. The molecule has 0 radical (unpaired) electrons. The molecule has 7 aromatic carbocycles. The van der Waals surface area contributed by atoms with Crippen molar-refractivity contribution in [3.63, 3.8) is 0 Å². The molecular formula is C34H20O. The zero-order chi connectivity index (χ0) is 32.5. The average Bonchev–Trinajstić information content (AvgIpc) is 3.44. The number of hydrogen-bond acceptors (Lipinski definition) is 1. The Morgan fingerprint density at radius 1 is 0.514 bits per heavy atom. The van der Waals surface area contributed by atoms with E-state index in [4.69, 9.17) is 18.1 Å². The van der Waals surface area contributed by atoms with Crippen molar-refractivity contribution in [3.8, 4) is 11.1 Å². The molecule has 1 heterocycles. The van der Waals surface area contributed by atoms with Gasteiger partial charge in [0.05, 0.1) is 15.1 Å². The van der Waals surface area contributed by atoms with Crippen molar-refractivity contribution >= 4 is 65.0 Å². The van der Waals surface area contributed by atoms with Gasteiger partial charge < -0.3 is 4.42 Å². The van der Waals surface area contributed by atoms with Crippen LogP contribution in [0, 0.1) is 0 Å². The summed E-state index contributed by atoms with van der Waals surface area (Å²) in [6.07, 6.45) is 0. The minimum Gasteiger partial charge on any atom is -0.455 e. The van der Waals surface area contributed by atoms with E-state index in [1.165, 1.54) is 0 Å². The highest BCUT2D eigenvalue weighted by atomic mass is 16.3. The van der Waals surface area contributed by atoms with E-state index < -0.39 is 66.5 Å². The quantitative estimate of drug-likeness (QED) is 0.177. The van der Waals surface area contributed by atoms with E-state index in [2.05, 4.69) is 0 Å². The summed E-state index contributed by atoms with van der Waals surface area (Å²) < 4.78 is 102. The van der Waals surface area contributed by atoms with Gasteiger partial charge in [-0.05, 0) is 73.1 Å². The molecule has 35 heavy (non-hydrogen) atoms. The van der Waals surface area contributed by atoms with E-state index >= 15 is 0 Å². The van der Waals surface area contributed by atoms with E-state index in [0.717, 1.165) is 16.2 Å². The Labute approximate surface area is 217 Å². The van der Waals surface area contributed by atoms with Gasteiger partial charge in [0.25, 0.3) is 0 Å². The predicted molar refractivity (Wildman–Crippen MR) is 149 cm³/mol. The van der Waals surface area contributed by atoms with Crippen molar-refractivity contribution in [1.82, 2.24) is 0 Å². The lowest BCUT2D eigenvalue weighted by Gasteiger charge is -2.14. The second-order valence-electron chi connectivity index (χ2n) is 8.48. The van der Waals surface area contributed by atoms with Crippen LogP contribution in [0.2, 0.25) is 0 Å². The van der Waals surface area contributed by atoms with Crippen LogP contribution in [0.4, 0.5) is 0 Å². The average molecular weight is 456 g/mol. The van der Waals surface area contributed by atoms with E-state index in [0.29, 0.717) is 22.1 Å². The van der Waals surface area contributed by atoms with Gasteiger partial charge in [0.2, 0.25) is 0 Å². The summed E-state index contributed by atoms with van der Waals surface area (Å²) in [6, 6.07) is 11.4. The summed E-state index contributed by atoms with van der Waals surface area (Å²) in [5.74, 6) is 0. The number of rotatable bonds is 1. The van der Waals surface area contributed by atoms with Gasteiger partial charge in [-0.1, -0.05) is 96.8 Å². The molecule has 0 saturated carbocycles. The first kappa shape index (κ1) is 11.2. The molecule has 0 spiro atoms. The molecule has 1 nitrogen and oxygen atoms in total. The van der Waals surface area contributed by atoms with Crippen LogP contribution in [0.5, 0.6) is 0 Å². The van der Waals surface area contributed by atoms with Gasteiger partial charge in [-0.2, -0.15) is 0 Å². The Balaban J connectivity index is 1.65. The molecule has 0 saturated heterocycles. The fourth-order valence-corrected chi connectivity index (χ4v) is 5.01. The maximum Gasteiger partial charge on any atom is 0.143 e. The first-order chi connectivity index (χ1) is 21.9. The first-order valence-electron chi connectivity index (χ1n) is 16.6. The third-order valence-corrected chi connectivity index (χ3v) is 6.59. The van der Waals surface area contributed by atoms with Gasteiger partial charge in [0, 0.05) is 16.2 Å². The zero-order valence-electron chi connectivity index (χ0n) is 29.1. The summed E-state index contributed by atoms with van der Waals surface area (Å²) in [5, 5.41) is 2.76. The summed E-state index contributed by atoms with van der Waals surface area (Å²) in [7, 11) is 0. The predicted octanol–water partition coefficient (Wildman–Crippen LogP) is 9.87. The van der Waals surface area contributed by atoms with E-state index in [1.807, 2.05) is 36.4 Å². The van der Waals surface area contributed by atoms with E-state index in [9.17, 15) is 1.37 Å². The van der Waals surface area contributed by atoms with Crippen LogP contribution < -0.4 is 0 Å². The fourth-order valence-electron chi connectivity index (χ4n) is 5.01. The van der Waals surface area contributed by atoms with Crippen LogP contribution >= 0.6 is 0 Å². The van der Waals surface area contributed by atoms with Gasteiger partial charge >= 0.3 is 0 Å². The van der Waals surface area contributed by atoms with Crippen LogP contribution in [0.25, 0.3) is 76.2 Å². The van der Waals surface area contributed by atoms with E-state index in [-0.39, 0.29) is 37.9 Å². The Kier molecular flexibility index (Phi) is 2.22. The standard InChI is InChI=1S/C34H20O/c1-4-10-25-21(7-1)13-16-28-30(25)19-23-9-3-5-11-26(23)33(28)24-15-18-32-31(20-24)29-17-14-22-8-2-6-12-27(22)34(29)35-32/h1-20H/i1D,3D,4D,5D,7D,9D,10D,11D,13D,16D,19D. The number of furan rings is 1. The van der Waals surface area contributed by atoms with Crippen LogP contribution in [-0.4, -0.2) is 0 Å². The maximum absolute atomic E-state index is 9.27. The molecule has 0 fully saturated rings. The minimum absolute atomic E-state index is 0.0114. The van der Waals surface area contributed by atoms with Crippen LogP contribution in [-0.2, 0) is 0 Å². The van der Waals surface area contributed by atoms with Crippen molar-refractivity contribution in [2.45, 2.75) is 0 Å². The molecule has 0 bridgehead atoms. The van der Waals surface area contributed by atoms with Crippen molar-refractivity contribution in [2.75, 3.05) is 0 Å². The maximum atomic E-state index is 9.27. The highest BCUT2D eigenvalue weighted by molar-refractivity contribution is 6.21. The summed E-state index contributed by atoms with van der Waals surface area (Å²) in [6.45, 7) is 0. The highest BCUT2D eigenvalue weighted by Crippen LogP contribution is 2.42. The van der Waals surface area contributed by atoms with Gasteiger partial charge in [0.15, 0.2) is 0 Å². The normalized spacial score (nSPS) is 16.4. The molecule has 162 valence electrons.